The van der Waals surface area contributed by atoms with Gasteiger partial charge in [0.2, 0.25) is 5.91 Å². The van der Waals surface area contributed by atoms with E-state index in [1.54, 1.807) is 12.0 Å². The molecule has 0 unspecified atom stereocenters. The monoisotopic (exact) mass is 462 g/mol. The van der Waals surface area contributed by atoms with E-state index in [1.807, 2.05) is 72.4 Å². The number of nitrogens with zero attached hydrogens (tertiary/aromatic N) is 2. The van der Waals surface area contributed by atoms with E-state index < -0.39 is 0 Å². The van der Waals surface area contributed by atoms with Crippen molar-refractivity contribution in [1.29, 1.82) is 0 Å². The topological polar surface area (TPSA) is 42.4 Å². The lowest BCUT2D eigenvalue weighted by molar-refractivity contribution is -0.118. The molecule has 4 nitrogen and oxygen atoms in total. The summed E-state index contributed by atoms with van der Waals surface area (Å²) in [5.41, 5.74) is 2.91. The van der Waals surface area contributed by atoms with Crippen LogP contribution in [-0.4, -0.2) is 23.3 Å². The molecule has 0 bridgehead atoms. The number of hydrogen-bond donors (Lipinski definition) is 0. The summed E-state index contributed by atoms with van der Waals surface area (Å²) in [5, 5.41) is 1.23. The van der Waals surface area contributed by atoms with E-state index in [-0.39, 0.29) is 5.91 Å². The van der Waals surface area contributed by atoms with Crippen molar-refractivity contribution in [3.05, 3.63) is 83.9 Å². The van der Waals surface area contributed by atoms with Crippen molar-refractivity contribution in [3.63, 3.8) is 0 Å². The molecule has 0 fully saturated rings. The Morgan fingerprint density at radius 1 is 1.03 bits per heavy atom. The van der Waals surface area contributed by atoms with Gasteiger partial charge < -0.3 is 4.74 Å². The highest BCUT2D eigenvalue weighted by molar-refractivity contribution is 7.99. The first-order chi connectivity index (χ1) is 15.5. The summed E-state index contributed by atoms with van der Waals surface area (Å²) in [7, 11) is 1.64. The maximum atomic E-state index is 13.4. The Balaban J connectivity index is 1.61. The summed E-state index contributed by atoms with van der Waals surface area (Å²) in [6, 6.07) is 24.1. The highest BCUT2D eigenvalue weighted by Gasteiger charge is 2.21. The third kappa shape index (κ3) is 5.50. The normalized spacial score (nSPS) is 11.1. The number of ether oxygens (including phenoxy) is 1. The number of thiazole rings is 1. The second kappa shape index (κ2) is 10.2. The van der Waals surface area contributed by atoms with Crippen LogP contribution in [0.15, 0.2) is 77.7 Å². The van der Waals surface area contributed by atoms with Gasteiger partial charge in [-0.1, -0.05) is 67.6 Å². The van der Waals surface area contributed by atoms with Gasteiger partial charge in [-0.25, -0.2) is 4.98 Å². The fourth-order valence-corrected chi connectivity index (χ4v) is 5.19. The lowest BCUT2D eigenvalue weighted by Crippen LogP contribution is -2.31. The Bertz CT molecular complexity index is 1190. The quantitative estimate of drug-likeness (QED) is 0.277. The van der Waals surface area contributed by atoms with Crippen LogP contribution in [0.25, 0.3) is 10.2 Å². The largest absolute Gasteiger partial charge is 0.497 e. The van der Waals surface area contributed by atoms with Gasteiger partial charge in [0.1, 0.15) is 5.75 Å². The highest BCUT2D eigenvalue weighted by atomic mass is 32.2. The van der Waals surface area contributed by atoms with E-state index in [0.717, 1.165) is 27.1 Å². The van der Waals surface area contributed by atoms with Gasteiger partial charge in [0.15, 0.2) is 5.13 Å². The molecular weight excluding hydrogens is 436 g/mol. The fraction of sp³-hybridized carbons (Fsp3) is 0.231. The molecule has 4 aromatic rings. The molecule has 0 aliphatic heterocycles. The molecule has 32 heavy (non-hydrogen) atoms. The van der Waals surface area contributed by atoms with Gasteiger partial charge in [-0.05, 0) is 35.4 Å². The molecule has 164 valence electrons. The molecule has 0 N–H and O–H groups in total. The summed E-state index contributed by atoms with van der Waals surface area (Å²) in [4.78, 5) is 21.2. The van der Waals surface area contributed by atoms with Crippen molar-refractivity contribution < 1.29 is 9.53 Å². The molecule has 0 saturated heterocycles. The molecular formula is C26H26N2O2S2. The smallest absolute Gasteiger partial charge is 0.233 e. The van der Waals surface area contributed by atoms with Gasteiger partial charge >= 0.3 is 0 Å². The van der Waals surface area contributed by atoms with E-state index >= 15 is 0 Å². The second-order valence-corrected chi connectivity index (χ2v) is 10.4. The number of hydrogen-bond acceptors (Lipinski definition) is 5. The number of aromatic nitrogens is 1. The van der Waals surface area contributed by atoms with Crippen LogP contribution in [0.4, 0.5) is 5.13 Å². The number of carbonyl (C=O) groups excluding carboxylic acids is 1. The molecule has 3 aromatic carbocycles. The van der Waals surface area contributed by atoms with Crippen LogP contribution in [-0.2, 0) is 17.8 Å². The summed E-state index contributed by atoms with van der Waals surface area (Å²) >= 11 is 3.35. The van der Waals surface area contributed by atoms with Gasteiger partial charge in [-0.3, -0.25) is 9.69 Å². The van der Waals surface area contributed by atoms with E-state index in [9.17, 15) is 4.79 Å². The first-order valence-corrected chi connectivity index (χ1v) is 12.3. The molecule has 0 radical (unpaired) electrons. The van der Waals surface area contributed by atoms with E-state index in [1.165, 1.54) is 16.2 Å². The number of fused-ring (bicyclic) bond motifs is 1. The SMILES string of the molecule is COc1ccc2sc(N(Cc3ccccc3)C(=O)Cc3ccc(SC(C)C)cc3)nc2c1. The Labute approximate surface area is 197 Å². The average molecular weight is 463 g/mol. The molecule has 1 heterocycles. The van der Waals surface area contributed by atoms with Gasteiger partial charge in [-0.15, -0.1) is 11.8 Å². The van der Waals surface area contributed by atoms with Crippen molar-refractivity contribution in [2.45, 2.75) is 37.0 Å². The first-order valence-electron chi connectivity index (χ1n) is 10.6. The number of methoxy groups -OCH3 is 1. The highest BCUT2D eigenvalue weighted by Crippen LogP contribution is 2.32. The predicted octanol–water partition coefficient (Wildman–Crippen LogP) is 6.58. The fourth-order valence-electron chi connectivity index (χ4n) is 3.39. The zero-order chi connectivity index (χ0) is 22.5. The van der Waals surface area contributed by atoms with E-state index in [2.05, 4.69) is 26.0 Å². The minimum atomic E-state index is 0.0316. The van der Waals surface area contributed by atoms with Crippen LogP contribution < -0.4 is 9.64 Å². The van der Waals surface area contributed by atoms with Crippen molar-refractivity contribution >= 4 is 44.4 Å². The number of amides is 1. The zero-order valence-electron chi connectivity index (χ0n) is 18.4. The lowest BCUT2D eigenvalue weighted by atomic mass is 10.1. The van der Waals surface area contributed by atoms with Gasteiger partial charge in [0.05, 0.1) is 30.3 Å². The number of anilines is 1. The van der Waals surface area contributed by atoms with Crippen LogP contribution >= 0.6 is 23.1 Å². The Morgan fingerprint density at radius 3 is 2.47 bits per heavy atom. The van der Waals surface area contributed by atoms with E-state index in [4.69, 9.17) is 9.72 Å². The maximum Gasteiger partial charge on any atom is 0.233 e. The second-order valence-electron chi connectivity index (χ2n) is 7.78. The van der Waals surface area contributed by atoms with Crippen molar-refractivity contribution in [2.75, 3.05) is 12.0 Å². The molecule has 1 amide bonds. The Morgan fingerprint density at radius 2 is 1.78 bits per heavy atom. The molecule has 0 spiro atoms. The Kier molecular flexibility index (Phi) is 7.12. The van der Waals surface area contributed by atoms with Crippen LogP contribution in [0.2, 0.25) is 0 Å². The van der Waals surface area contributed by atoms with Gasteiger partial charge in [0.25, 0.3) is 0 Å². The van der Waals surface area contributed by atoms with Crippen LogP contribution in [0.3, 0.4) is 0 Å². The minimum Gasteiger partial charge on any atom is -0.497 e. The average Bonchev–Trinajstić information content (AvgIpc) is 3.22. The molecule has 1 aromatic heterocycles. The van der Waals surface area contributed by atoms with Crippen molar-refractivity contribution in [3.8, 4) is 5.75 Å². The molecule has 4 rings (SSSR count). The predicted molar refractivity (Wildman–Crippen MR) is 135 cm³/mol. The lowest BCUT2D eigenvalue weighted by Gasteiger charge is -2.20. The number of rotatable bonds is 8. The standard InChI is InChI=1S/C26H26N2O2S2/c1-18(2)31-22-12-9-19(10-13-22)15-25(29)28(17-20-7-5-4-6-8-20)26-27-23-16-21(30-3)11-14-24(23)32-26/h4-14,16,18H,15,17H2,1-3H3. The van der Waals surface area contributed by atoms with Crippen LogP contribution in [0, 0.1) is 0 Å². The minimum absolute atomic E-state index is 0.0316. The maximum absolute atomic E-state index is 13.4. The third-order valence-corrected chi connectivity index (χ3v) is 7.02. The summed E-state index contributed by atoms with van der Waals surface area (Å²) in [6.07, 6.45) is 0.332. The van der Waals surface area contributed by atoms with Gasteiger partial charge in [-0.2, -0.15) is 0 Å². The summed E-state index contributed by atoms with van der Waals surface area (Å²) in [5.74, 6) is 0.791. The number of carbonyl (C=O) groups is 1. The first kappa shape index (κ1) is 22.4. The number of benzene rings is 3. The molecule has 0 saturated carbocycles. The van der Waals surface area contributed by atoms with E-state index in [0.29, 0.717) is 23.3 Å². The van der Waals surface area contributed by atoms with Crippen LogP contribution in [0.5, 0.6) is 5.75 Å². The van der Waals surface area contributed by atoms with Crippen LogP contribution in [0.1, 0.15) is 25.0 Å². The zero-order valence-corrected chi connectivity index (χ0v) is 20.1. The summed E-state index contributed by atoms with van der Waals surface area (Å²) in [6.45, 7) is 4.84. The van der Waals surface area contributed by atoms with Crippen molar-refractivity contribution in [1.82, 2.24) is 4.98 Å². The number of thioether (sulfide) groups is 1. The molecule has 0 atom stereocenters. The third-order valence-electron chi connectivity index (χ3n) is 4.95. The summed E-state index contributed by atoms with van der Waals surface area (Å²) < 4.78 is 6.36. The van der Waals surface area contributed by atoms with Crippen molar-refractivity contribution in [2.24, 2.45) is 0 Å². The molecule has 6 heteroatoms. The van der Waals surface area contributed by atoms with Gasteiger partial charge in [0, 0.05) is 16.2 Å². The Hall–Kier alpha value is -2.83. The molecule has 0 aliphatic rings. The molecule has 0 aliphatic carbocycles.